The van der Waals surface area contributed by atoms with Crippen LogP contribution in [0.25, 0.3) is 22.6 Å². The molecule has 34 heavy (non-hydrogen) atoms. The number of pyridine rings is 1. The number of anilines is 1. The molecule has 1 unspecified atom stereocenters. The second-order valence-corrected chi connectivity index (χ2v) is 10.5. The van der Waals surface area contributed by atoms with E-state index in [0.717, 1.165) is 37.8 Å². The molecule has 7 rings (SSSR count). The van der Waals surface area contributed by atoms with E-state index in [2.05, 4.69) is 35.7 Å². The standard InChI is InChI=1S/C23H30N8O3/c1-31(2)4-3-24-21(32)22-29-19(30-34-22)15-10-25-20-18(26-11-27-20)17(15)28-16-13-5-12-6-14(16)9-23(33,7-12)8-13/h10-14,16,33H,3-9H2,1-2H3,(H,24,32)(H2,25,26,27,28)/t12?,13-,14+,16+,23-. The van der Waals surface area contributed by atoms with E-state index >= 15 is 0 Å². The Hall–Kier alpha value is -3.05. The van der Waals surface area contributed by atoms with Crippen LogP contribution in [0.15, 0.2) is 17.0 Å². The molecule has 0 saturated heterocycles. The molecular weight excluding hydrogens is 436 g/mol. The van der Waals surface area contributed by atoms with Gasteiger partial charge in [0.2, 0.25) is 5.82 Å². The quantitative estimate of drug-likeness (QED) is 0.408. The molecule has 4 saturated carbocycles. The van der Waals surface area contributed by atoms with Crippen LogP contribution in [0, 0.1) is 17.8 Å². The summed E-state index contributed by atoms with van der Waals surface area (Å²) in [4.78, 5) is 30.8. The monoisotopic (exact) mass is 466 g/mol. The summed E-state index contributed by atoms with van der Waals surface area (Å²) < 4.78 is 5.28. The number of amides is 1. The van der Waals surface area contributed by atoms with Crippen LogP contribution >= 0.6 is 0 Å². The summed E-state index contributed by atoms with van der Waals surface area (Å²) in [5.74, 6) is 1.25. The van der Waals surface area contributed by atoms with Crippen molar-refractivity contribution in [3.63, 3.8) is 0 Å². The highest BCUT2D eigenvalue weighted by atomic mass is 16.5. The zero-order chi connectivity index (χ0) is 23.4. The third kappa shape index (κ3) is 3.72. The highest BCUT2D eigenvalue weighted by molar-refractivity contribution is 5.95. The van der Waals surface area contributed by atoms with Gasteiger partial charge in [-0.3, -0.25) is 4.79 Å². The van der Waals surface area contributed by atoms with E-state index in [4.69, 9.17) is 4.52 Å². The van der Waals surface area contributed by atoms with Gasteiger partial charge in [-0.1, -0.05) is 5.16 Å². The van der Waals surface area contributed by atoms with E-state index in [0.29, 0.717) is 53.4 Å². The lowest BCUT2D eigenvalue weighted by Crippen LogP contribution is -2.59. The van der Waals surface area contributed by atoms with E-state index in [1.165, 1.54) is 0 Å². The summed E-state index contributed by atoms with van der Waals surface area (Å²) >= 11 is 0. The summed E-state index contributed by atoms with van der Waals surface area (Å²) in [6.07, 6.45) is 8.19. The van der Waals surface area contributed by atoms with Gasteiger partial charge in [-0.05, 0) is 64.0 Å². The number of likely N-dealkylation sites (N-methyl/N-ethyl adjacent to an activating group) is 1. The normalized spacial score (nSPS) is 29.8. The zero-order valence-electron chi connectivity index (χ0n) is 19.4. The lowest BCUT2D eigenvalue weighted by molar-refractivity contribution is -0.129. The van der Waals surface area contributed by atoms with Crippen molar-refractivity contribution >= 4 is 22.8 Å². The van der Waals surface area contributed by atoms with Crippen molar-refractivity contribution in [1.82, 2.24) is 35.3 Å². The fourth-order valence-corrected chi connectivity index (χ4v) is 6.48. The van der Waals surface area contributed by atoms with E-state index in [1.807, 2.05) is 19.0 Å². The van der Waals surface area contributed by atoms with Crippen molar-refractivity contribution in [3.8, 4) is 11.4 Å². The Morgan fingerprint density at radius 2 is 2.06 bits per heavy atom. The smallest absolute Gasteiger partial charge is 0.316 e. The van der Waals surface area contributed by atoms with E-state index < -0.39 is 11.5 Å². The van der Waals surface area contributed by atoms with E-state index in [1.54, 1.807) is 12.5 Å². The number of aliphatic hydroxyl groups is 1. The number of hydrogen-bond acceptors (Lipinski definition) is 9. The number of nitrogens with one attached hydrogen (secondary N) is 3. The molecule has 3 aromatic heterocycles. The number of imidazole rings is 1. The molecule has 11 heteroatoms. The molecule has 4 fully saturated rings. The van der Waals surface area contributed by atoms with Gasteiger partial charge in [-0.2, -0.15) is 4.98 Å². The highest BCUT2D eigenvalue weighted by Crippen LogP contribution is 2.56. The lowest BCUT2D eigenvalue weighted by atomic mass is 9.52. The van der Waals surface area contributed by atoms with Crippen LogP contribution in [0.2, 0.25) is 0 Å². The molecule has 180 valence electrons. The Balaban J connectivity index is 1.29. The lowest BCUT2D eigenvalue weighted by Gasteiger charge is -2.58. The molecule has 11 nitrogen and oxygen atoms in total. The van der Waals surface area contributed by atoms with E-state index in [9.17, 15) is 9.90 Å². The molecular formula is C23H30N8O3. The molecule has 4 N–H and O–H groups in total. The average Bonchev–Trinajstić information content (AvgIpc) is 3.44. The molecule has 0 spiro atoms. The van der Waals surface area contributed by atoms with Crippen LogP contribution in [0.4, 0.5) is 5.69 Å². The van der Waals surface area contributed by atoms with Crippen LogP contribution in [-0.2, 0) is 0 Å². The molecule has 0 radical (unpaired) electrons. The average molecular weight is 467 g/mol. The van der Waals surface area contributed by atoms with Crippen LogP contribution in [0.1, 0.15) is 42.8 Å². The number of aromatic amines is 1. The van der Waals surface area contributed by atoms with Gasteiger partial charge in [0.25, 0.3) is 0 Å². The maximum Gasteiger partial charge on any atom is 0.316 e. The van der Waals surface area contributed by atoms with Gasteiger partial charge in [0.15, 0.2) is 5.65 Å². The predicted molar refractivity (Wildman–Crippen MR) is 124 cm³/mol. The molecule has 5 atom stereocenters. The summed E-state index contributed by atoms with van der Waals surface area (Å²) in [6.45, 7) is 1.19. The summed E-state index contributed by atoms with van der Waals surface area (Å²) in [6, 6.07) is 0.235. The van der Waals surface area contributed by atoms with Crippen LogP contribution in [0.3, 0.4) is 0 Å². The highest BCUT2D eigenvalue weighted by Gasteiger charge is 2.54. The van der Waals surface area contributed by atoms with Crippen molar-refractivity contribution in [2.45, 2.75) is 43.7 Å². The van der Waals surface area contributed by atoms with Crippen LogP contribution in [0.5, 0.6) is 0 Å². The van der Waals surface area contributed by atoms with Crippen molar-refractivity contribution in [1.29, 1.82) is 0 Å². The second-order valence-electron chi connectivity index (χ2n) is 10.5. The largest absolute Gasteiger partial charge is 0.390 e. The predicted octanol–water partition coefficient (Wildman–Crippen LogP) is 1.65. The molecule has 4 aliphatic carbocycles. The Labute approximate surface area is 196 Å². The van der Waals surface area contributed by atoms with Gasteiger partial charge in [0.1, 0.15) is 5.52 Å². The second kappa shape index (κ2) is 8.02. The number of aromatic nitrogens is 5. The molecule has 0 aromatic carbocycles. The first-order valence-electron chi connectivity index (χ1n) is 12.0. The number of fused-ring (bicyclic) bond motifs is 1. The minimum absolute atomic E-state index is 0.0846. The molecule has 0 aliphatic heterocycles. The number of carbonyl (C=O) groups excluding carboxylic acids is 1. The van der Waals surface area contributed by atoms with Gasteiger partial charge in [-0.25, -0.2) is 9.97 Å². The Morgan fingerprint density at radius 3 is 2.79 bits per heavy atom. The molecule has 4 bridgehead atoms. The first-order chi connectivity index (χ1) is 16.4. The van der Waals surface area contributed by atoms with Crippen molar-refractivity contribution < 1.29 is 14.4 Å². The number of nitrogens with zero attached hydrogens (tertiary/aromatic N) is 5. The number of carbonyl (C=O) groups is 1. The van der Waals surface area contributed by atoms with Crippen molar-refractivity contribution in [2.24, 2.45) is 17.8 Å². The zero-order valence-corrected chi connectivity index (χ0v) is 19.4. The first kappa shape index (κ1) is 21.5. The third-order valence-corrected chi connectivity index (χ3v) is 7.71. The van der Waals surface area contributed by atoms with Crippen LogP contribution in [-0.4, -0.2) is 79.8 Å². The Kier molecular flexibility index (Phi) is 5.07. The Morgan fingerprint density at radius 1 is 1.26 bits per heavy atom. The number of hydrogen-bond donors (Lipinski definition) is 4. The first-order valence-corrected chi connectivity index (χ1v) is 12.0. The molecule has 3 heterocycles. The van der Waals surface area contributed by atoms with Gasteiger partial charge in [-0.15, -0.1) is 0 Å². The van der Waals surface area contributed by atoms with Crippen LogP contribution < -0.4 is 10.6 Å². The minimum Gasteiger partial charge on any atom is -0.390 e. The topological polar surface area (TPSA) is 145 Å². The Bertz CT molecular complexity index is 1200. The third-order valence-electron chi connectivity index (χ3n) is 7.71. The minimum atomic E-state index is -0.500. The fraction of sp³-hybridized carbons (Fsp3) is 0.609. The molecule has 3 aromatic rings. The maximum absolute atomic E-state index is 12.4. The van der Waals surface area contributed by atoms with Gasteiger partial charge < -0.3 is 30.1 Å². The number of rotatable bonds is 7. The van der Waals surface area contributed by atoms with E-state index in [-0.39, 0.29) is 11.9 Å². The summed E-state index contributed by atoms with van der Waals surface area (Å²) in [5.41, 5.74) is 2.30. The van der Waals surface area contributed by atoms with Crippen molar-refractivity contribution in [2.75, 3.05) is 32.5 Å². The molecule has 4 aliphatic rings. The van der Waals surface area contributed by atoms with Gasteiger partial charge in [0, 0.05) is 25.3 Å². The summed E-state index contributed by atoms with van der Waals surface area (Å²) in [5, 5.41) is 21.6. The summed E-state index contributed by atoms with van der Waals surface area (Å²) in [7, 11) is 3.88. The van der Waals surface area contributed by atoms with Gasteiger partial charge >= 0.3 is 11.8 Å². The van der Waals surface area contributed by atoms with Crippen molar-refractivity contribution in [3.05, 3.63) is 18.4 Å². The fourth-order valence-electron chi connectivity index (χ4n) is 6.48. The maximum atomic E-state index is 12.4. The number of H-pyrrole nitrogens is 1. The molecule has 1 amide bonds. The van der Waals surface area contributed by atoms with Gasteiger partial charge in [0.05, 0.1) is 23.2 Å². The SMILES string of the molecule is CN(C)CCNC(=O)c1nc(-c2cnc3[nH]cnc3c2N[C@H]2[C@@H]3CC4C[C@H]2C[C@@](O)(C4)C3)no1.